The fourth-order valence-corrected chi connectivity index (χ4v) is 3.45. The van der Waals surface area contributed by atoms with E-state index in [9.17, 15) is 18.3 Å². The molecule has 9 heteroatoms. The number of rotatable bonds is 6. The molecule has 1 saturated heterocycles. The van der Waals surface area contributed by atoms with Gasteiger partial charge in [0, 0.05) is 38.4 Å². The number of carbonyl (C=O) groups is 1. The SMILES string of the molecule is CCc1nccn1CC(=O)N1CCC[C@@](O)(CNS(C)(=O)=O)CC1. The number of likely N-dealkylation sites (tertiary alicyclic amines) is 1. The van der Waals surface area contributed by atoms with E-state index in [1.54, 1.807) is 17.3 Å². The molecule has 0 aromatic carbocycles. The maximum absolute atomic E-state index is 12.5. The zero-order valence-corrected chi connectivity index (χ0v) is 15.0. The summed E-state index contributed by atoms with van der Waals surface area (Å²) in [6, 6.07) is 0. The average molecular weight is 358 g/mol. The van der Waals surface area contributed by atoms with Gasteiger partial charge in [0.2, 0.25) is 15.9 Å². The molecule has 136 valence electrons. The highest BCUT2D eigenvalue weighted by atomic mass is 32.2. The molecule has 0 spiro atoms. The third-order valence-corrected chi connectivity index (χ3v) is 5.03. The van der Waals surface area contributed by atoms with E-state index in [2.05, 4.69) is 9.71 Å². The van der Waals surface area contributed by atoms with Gasteiger partial charge in [-0.05, 0) is 19.3 Å². The smallest absolute Gasteiger partial charge is 0.242 e. The number of nitrogens with zero attached hydrogens (tertiary/aromatic N) is 3. The molecule has 1 aromatic heterocycles. The molecule has 0 radical (unpaired) electrons. The number of carbonyl (C=O) groups excluding carboxylic acids is 1. The number of hydrogen-bond acceptors (Lipinski definition) is 5. The molecule has 1 aromatic rings. The highest BCUT2D eigenvalue weighted by Gasteiger charge is 2.32. The number of sulfonamides is 1. The molecule has 1 atom stereocenters. The summed E-state index contributed by atoms with van der Waals surface area (Å²) in [5.41, 5.74) is -1.11. The van der Waals surface area contributed by atoms with Crippen LogP contribution in [0, 0.1) is 0 Å². The average Bonchev–Trinajstić information content (AvgIpc) is 2.85. The van der Waals surface area contributed by atoms with Crippen molar-refractivity contribution in [3.8, 4) is 0 Å². The van der Waals surface area contributed by atoms with Crippen LogP contribution >= 0.6 is 0 Å². The number of imidazole rings is 1. The Labute approximate surface area is 142 Å². The number of aryl methyl sites for hydroxylation is 1. The molecule has 2 N–H and O–H groups in total. The number of hydrogen-bond donors (Lipinski definition) is 2. The summed E-state index contributed by atoms with van der Waals surface area (Å²) in [6.45, 7) is 3.19. The van der Waals surface area contributed by atoms with Gasteiger partial charge in [-0.1, -0.05) is 6.92 Å². The monoisotopic (exact) mass is 358 g/mol. The number of nitrogens with one attached hydrogen (secondary N) is 1. The lowest BCUT2D eigenvalue weighted by Crippen LogP contribution is -2.43. The van der Waals surface area contributed by atoms with Gasteiger partial charge in [0.1, 0.15) is 12.4 Å². The summed E-state index contributed by atoms with van der Waals surface area (Å²) in [4.78, 5) is 18.4. The molecule has 1 fully saturated rings. The van der Waals surface area contributed by atoms with Crippen molar-refractivity contribution in [3.63, 3.8) is 0 Å². The molecular weight excluding hydrogens is 332 g/mol. The molecule has 2 rings (SSSR count). The van der Waals surface area contributed by atoms with Crippen molar-refractivity contribution < 1.29 is 18.3 Å². The lowest BCUT2D eigenvalue weighted by atomic mass is 9.95. The molecule has 1 aliphatic heterocycles. The Kier molecular flexibility index (Phi) is 6.00. The maximum atomic E-state index is 12.5. The van der Waals surface area contributed by atoms with E-state index in [-0.39, 0.29) is 19.0 Å². The summed E-state index contributed by atoms with van der Waals surface area (Å²) in [7, 11) is -3.35. The van der Waals surface area contributed by atoms with Crippen LogP contribution in [-0.2, 0) is 27.8 Å². The zero-order valence-electron chi connectivity index (χ0n) is 14.2. The van der Waals surface area contributed by atoms with E-state index >= 15 is 0 Å². The fourth-order valence-electron chi connectivity index (χ4n) is 2.91. The first-order chi connectivity index (χ1) is 11.2. The Balaban J connectivity index is 1.93. The fraction of sp³-hybridized carbons (Fsp3) is 0.733. The standard InChI is InChI=1S/C15H26N4O4S/c1-3-13-16-7-10-19(13)11-14(20)18-8-4-5-15(21,6-9-18)12-17-24(2,22)23/h7,10,17,21H,3-6,8-9,11-12H2,1-2H3/t15-/m0/s1. The van der Waals surface area contributed by atoms with Crippen molar-refractivity contribution in [1.29, 1.82) is 0 Å². The summed E-state index contributed by atoms with van der Waals surface area (Å²) < 4.78 is 26.6. The highest BCUT2D eigenvalue weighted by Crippen LogP contribution is 2.22. The summed E-state index contributed by atoms with van der Waals surface area (Å²) in [5, 5.41) is 10.6. The van der Waals surface area contributed by atoms with Crippen molar-refractivity contribution >= 4 is 15.9 Å². The molecule has 0 aliphatic carbocycles. The molecule has 0 bridgehead atoms. The van der Waals surface area contributed by atoms with Crippen molar-refractivity contribution in [1.82, 2.24) is 19.2 Å². The Morgan fingerprint density at radius 3 is 2.83 bits per heavy atom. The van der Waals surface area contributed by atoms with Gasteiger partial charge in [-0.2, -0.15) is 0 Å². The van der Waals surface area contributed by atoms with Gasteiger partial charge in [-0.25, -0.2) is 18.1 Å². The minimum absolute atomic E-state index is 0.0111. The minimum atomic E-state index is -3.35. The third-order valence-electron chi connectivity index (χ3n) is 4.36. The molecule has 0 saturated carbocycles. The van der Waals surface area contributed by atoms with Gasteiger partial charge in [0.25, 0.3) is 0 Å². The van der Waals surface area contributed by atoms with Crippen LogP contribution in [0.3, 0.4) is 0 Å². The van der Waals surface area contributed by atoms with Gasteiger partial charge in [-0.15, -0.1) is 0 Å². The lowest BCUT2D eigenvalue weighted by molar-refractivity contribution is -0.132. The normalized spacial score (nSPS) is 22.4. The molecule has 8 nitrogen and oxygen atoms in total. The molecule has 2 heterocycles. The van der Waals surface area contributed by atoms with Gasteiger partial charge >= 0.3 is 0 Å². The van der Waals surface area contributed by atoms with Crippen LogP contribution in [0.2, 0.25) is 0 Å². The van der Waals surface area contributed by atoms with E-state index in [1.807, 2.05) is 11.5 Å². The van der Waals surface area contributed by atoms with Gasteiger partial charge in [0.05, 0.1) is 11.9 Å². The molecule has 0 unspecified atom stereocenters. The van der Waals surface area contributed by atoms with Crippen molar-refractivity contribution in [3.05, 3.63) is 18.2 Å². The third kappa shape index (κ3) is 5.29. The maximum Gasteiger partial charge on any atom is 0.242 e. The molecule has 24 heavy (non-hydrogen) atoms. The predicted octanol–water partition coefficient (Wildman–Crippen LogP) is -0.262. The first-order valence-electron chi connectivity index (χ1n) is 8.17. The largest absolute Gasteiger partial charge is 0.388 e. The van der Waals surface area contributed by atoms with Crippen LogP contribution < -0.4 is 4.72 Å². The molecule has 1 amide bonds. The van der Waals surface area contributed by atoms with Crippen LogP contribution in [0.5, 0.6) is 0 Å². The number of aromatic nitrogens is 2. The van der Waals surface area contributed by atoms with E-state index in [0.29, 0.717) is 32.4 Å². The van der Waals surface area contributed by atoms with Crippen LogP contribution in [0.1, 0.15) is 32.0 Å². The van der Waals surface area contributed by atoms with E-state index in [1.165, 1.54) is 0 Å². The van der Waals surface area contributed by atoms with E-state index < -0.39 is 15.6 Å². The summed E-state index contributed by atoms with van der Waals surface area (Å²) >= 11 is 0. The minimum Gasteiger partial charge on any atom is -0.388 e. The topological polar surface area (TPSA) is 105 Å². The van der Waals surface area contributed by atoms with Crippen molar-refractivity contribution in [2.45, 2.75) is 44.8 Å². The summed E-state index contributed by atoms with van der Waals surface area (Å²) in [6.07, 6.45) is 6.76. The Bertz CT molecular complexity index is 673. The Morgan fingerprint density at radius 2 is 2.17 bits per heavy atom. The predicted molar refractivity (Wildman–Crippen MR) is 89.8 cm³/mol. The Morgan fingerprint density at radius 1 is 1.42 bits per heavy atom. The van der Waals surface area contributed by atoms with Gasteiger partial charge in [0.15, 0.2) is 0 Å². The van der Waals surface area contributed by atoms with Crippen LogP contribution in [0.4, 0.5) is 0 Å². The van der Waals surface area contributed by atoms with Crippen molar-refractivity contribution in [2.75, 3.05) is 25.9 Å². The number of aliphatic hydroxyl groups is 1. The summed E-state index contributed by atoms with van der Waals surface area (Å²) in [5.74, 6) is 0.857. The van der Waals surface area contributed by atoms with Crippen LogP contribution in [0.15, 0.2) is 12.4 Å². The first kappa shape index (κ1) is 18.9. The number of amides is 1. The van der Waals surface area contributed by atoms with Crippen LogP contribution in [-0.4, -0.2) is 65.4 Å². The highest BCUT2D eigenvalue weighted by molar-refractivity contribution is 7.88. The quantitative estimate of drug-likeness (QED) is 0.729. The molecular formula is C15H26N4O4S. The van der Waals surface area contributed by atoms with Crippen LogP contribution in [0.25, 0.3) is 0 Å². The second kappa shape index (κ2) is 7.62. The van der Waals surface area contributed by atoms with E-state index in [4.69, 9.17) is 0 Å². The van der Waals surface area contributed by atoms with Gasteiger partial charge < -0.3 is 14.6 Å². The van der Waals surface area contributed by atoms with Crippen molar-refractivity contribution in [2.24, 2.45) is 0 Å². The Hall–Kier alpha value is -1.45. The van der Waals surface area contributed by atoms with E-state index in [0.717, 1.165) is 18.5 Å². The first-order valence-corrected chi connectivity index (χ1v) is 10.1. The molecule has 1 aliphatic rings. The second-order valence-corrected chi connectivity index (χ2v) is 8.21. The lowest BCUT2D eigenvalue weighted by Gasteiger charge is -2.27. The van der Waals surface area contributed by atoms with Gasteiger partial charge in [-0.3, -0.25) is 4.79 Å². The zero-order chi connectivity index (χ0) is 17.8. The second-order valence-electron chi connectivity index (χ2n) is 6.38.